The van der Waals surface area contributed by atoms with Gasteiger partial charge in [0.2, 0.25) is 0 Å². The van der Waals surface area contributed by atoms with E-state index in [0.717, 1.165) is 34.1 Å². The molecule has 2 aromatic rings. The van der Waals surface area contributed by atoms with E-state index in [4.69, 9.17) is 4.74 Å². The molecule has 1 heterocycles. The number of pyridine rings is 1. The molecule has 0 bridgehead atoms. The molecule has 0 spiro atoms. The van der Waals surface area contributed by atoms with Crippen molar-refractivity contribution in [2.45, 2.75) is 25.4 Å². The molecular formula is C15H14BrNO3. The fraction of sp³-hybridized carbons (Fsp3) is 0.333. The summed E-state index contributed by atoms with van der Waals surface area (Å²) in [7, 11) is 1.67. The molecule has 4 nitrogen and oxygen atoms in total. The van der Waals surface area contributed by atoms with E-state index in [2.05, 4.69) is 20.9 Å². The van der Waals surface area contributed by atoms with Crippen LogP contribution in [0.2, 0.25) is 0 Å². The van der Waals surface area contributed by atoms with Crippen molar-refractivity contribution in [2.24, 2.45) is 0 Å². The number of halogens is 1. The van der Waals surface area contributed by atoms with E-state index in [1.807, 2.05) is 18.2 Å². The van der Waals surface area contributed by atoms with Gasteiger partial charge in [-0.25, -0.2) is 4.79 Å². The van der Waals surface area contributed by atoms with Gasteiger partial charge in [0.25, 0.3) is 0 Å². The zero-order valence-corrected chi connectivity index (χ0v) is 12.6. The molecule has 1 aliphatic rings. The Labute approximate surface area is 124 Å². The molecule has 1 N–H and O–H groups in total. The predicted molar refractivity (Wildman–Crippen MR) is 79.2 cm³/mol. The standard InChI is InChI=1S/C15H14BrNO3/c1-20-8-5-6-12-10(7-8)13(15(18)19)9-3-2-4-11(16)14(9)17-12/h2-4,8H,5-7H2,1H3,(H,18,19). The molecule has 0 aliphatic heterocycles. The third kappa shape index (κ3) is 2.11. The summed E-state index contributed by atoms with van der Waals surface area (Å²) in [6.07, 6.45) is 2.33. The van der Waals surface area contributed by atoms with Gasteiger partial charge in [-0.15, -0.1) is 0 Å². The lowest BCUT2D eigenvalue weighted by Gasteiger charge is -2.25. The number of carboxylic acid groups (broad SMARTS) is 1. The largest absolute Gasteiger partial charge is 0.478 e. The van der Waals surface area contributed by atoms with Gasteiger partial charge in [0.15, 0.2) is 0 Å². The van der Waals surface area contributed by atoms with E-state index in [1.165, 1.54) is 0 Å². The number of rotatable bonds is 2. The van der Waals surface area contributed by atoms with E-state index >= 15 is 0 Å². The predicted octanol–water partition coefficient (Wildman–Crippen LogP) is 3.20. The highest BCUT2D eigenvalue weighted by Crippen LogP contribution is 2.32. The number of carboxylic acids is 1. The summed E-state index contributed by atoms with van der Waals surface area (Å²) in [4.78, 5) is 16.4. The maximum atomic E-state index is 11.7. The molecule has 0 radical (unpaired) electrons. The first kappa shape index (κ1) is 13.5. The second kappa shape index (κ2) is 5.14. The molecular weight excluding hydrogens is 322 g/mol. The molecule has 0 saturated heterocycles. The van der Waals surface area contributed by atoms with E-state index in [1.54, 1.807) is 7.11 Å². The Morgan fingerprint density at radius 2 is 2.30 bits per heavy atom. The van der Waals surface area contributed by atoms with E-state index in [0.29, 0.717) is 17.4 Å². The quantitative estimate of drug-likeness (QED) is 0.915. The van der Waals surface area contributed by atoms with Crippen molar-refractivity contribution in [3.05, 3.63) is 39.5 Å². The number of benzene rings is 1. The zero-order chi connectivity index (χ0) is 14.3. The van der Waals surface area contributed by atoms with Crippen LogP contribution in [0.4, 0.5) is 0 Å². The highest BCUT2D eigenvalue weighted by molar-refractivity contribution is 9.10. The molecule has 1 aliphatic carbocycles. The molecule has 1 unspecified atom stereocenters. The van der Waals surface area contributed by atoms with Crippen LogP contribution >= 0.6 is 15.9 Å². The Morgan fingerprint density at radius 3 is 3.00 bits per heavy atom. The van der Waals surface area contributed by atoms with Crippen LogP contribution in [-0.4, -0.2) is 29.3 Å². The normalized spacial score (nSPS) is 18.0. The van der Waals surface area contributed by atoms with Crippen LogP contribution in [0.3, 0.4) is 0 Å². The minimum absolute atomic E-state index is 0.0759. The number of methoxy groups -OCH3 is 1. The number of aromatic nitrogens is 1. The van der Waals surface area contributed by atoms with Crippen LogP contribution in [0.1, 0.15) is 28.0 Å². The van der Waals surface area contributed by atoms with Gasteiger partial charge in [-0.2, -0.15) is 0 Å². The molecule has 1 aromatic heterocycles. The zero-order valence-electron chi connectivity index (χ0n) is 11.0. The highest BCUT2D eigenvalue weighted by Gasteiger charge is 2.27. The van der Waals surface area contributed by atoms with Crippen LogP contribution < -0.4 is 0 Å². The van der Waals surface area contributed by atoms with Crippen molar-refractivity contribution >= 4 is 32.8 Å². The topological polar surface area (TPSA) is 59.4 Å². The molecule has 0 fully saturated rings. The number of ether oxygens (including phenoxy) is 1. The first-order valence-corrected chi connectivity index (χ1v) is 7.27. The SMILES string of the molecule is COC1CCc2nc3c(Br)cccc3c(C(=O)O)c2C1. The molecule has 104 valence electrons. The molecule has 1 atom stereocenters. The Hall–Kier alpha value is -1.46. The molecule has 1 aromatic carbocycles. The molecule has 0 amide bonds. The van der Waals surface area contributed by atoms with Crippen molar-refractivity contribution in [2.75, 3.05) is 7.11 Å². The van der Waals surface area contributed by atoms with E-state index < -0.39 is 5.97 Å². The van der Waals surface area contributed by atoms with Gasteiger partial charge in [0, 0.05) is 29.1 Å². The van der Waals surface area contributed by atoms with Crippen molar-refractivity contribution in [3.8, 4) is 0 Å². The van der Waals surface area contributed by atoms with Gasteiger partial charge in [-0.3, -0.25) is 4.98 Å². The summed E-state index contributed by atoms with van der Waals surface area (Å²) in [6.45, 7) is 0. The van der Waals surface area contributed by atoms with Gasteiger partial charge in [0.05, 0.1) is 17.2 Å². The second-order valence-electron chi connectivity index (χ2n) is 4.95. The lowest BCUT2D eigenvalue weighted by molar-refractivity contribution is 0.0690. The van der Waals surface area contributed by atoms with Gasteiger partial charge in [-0.1, -0.05) is 12.1 Å². The average Bonchev–Trinajstić information content (AvgIpc) is 2.44. The summed E-state index contributed by atoms with van der Waals surface area (Å²) in [6, 6.07) is 5.53. The van der Waals surface area contributed by atoms with E-state index in [9.17, 15) is 9.90 Å². The highest BCUT2D eigenvalue weighted by atomic mass is 79.9. The molecule has 0 saturated carbocycles. The van der Waals surface area contributed by atoms with Crippen LogP contribution in [-0.2, 0) is 17.6 Å². The first-order valence-electron chi connectivity index (χ1n) is 6.48. The maximum Gasteiger partial charge on any atom is 0.336 e. The monoisotopic (exact) mass is 335 g/mol. The van der Waals surface area contributed by atoms with Crippen molar-refractivity contribution in [3.63, 3.8) is 0 Å². The fourth-order valence-electron chi connectivity index (χ4n) is 2.84. The fourth-order valence-corrected chi connectivity index (χ4v) is 3.29. The van der Waals surface area contributed by atoms with Gasteiger partial charge in [0.1, 0.15) is 0 Å². The van der Waals surface area contributed by atoms with Crippen molar-refractivity contribution < 1.29 is 14.6 Å². The summed E-state index contributed by atoms with van der Waals surface area (Å²) in [5.41, 5.74) is 2.80. The van der Waals surface area contributed by atoms with Crippen LogP contribution in [0.25, 0.3) is 10.9 Å². The number of para-hydroxylation sites is 1. The van der Waals surface area contributed by atoms with Gasteiger partial charge in [-0.05, 0) is 40.4 Å². The summed E-state index contributed by atoms with van der Waals surface area (Å²) >= 11 is 3.45. The third-order valence-corrected chi connectivity index (χ3v) is 4.48. The summed E-state index contributed by atoms with van der Waals surface area (Å²) < 4.78 is 6.22. The Bertz CT molecular complexity index is 699. The van der Waals surface area contributed by atoms with Crippen molar-refractivity contribution in [1.82, 2.24) is 4.98 Å². The number of hydrogen-bond donors (Lipinski definition) is 1. The first-order chi connectivity index (χ1) is 9.61. The van der Waals surface area contributed by atoms with Crippen LogP contribution in [0.5, 0.6) is 0 Å². The Balaban J connectivity index is 2.32. The van der Waals surface area contributed by atoms with E-state index in [-0.39, 0.29) is 6.10 Å². The molecule has 3 rings (SSSR count). The number of fused-ring (bicyclic) bond motifs is 2. The van der Waals surface area contributed by atoms with Gasteiger partial charge < -0.3 is 9.84 Å². The second-order valence-corrected chi connectivity index (χ2v) is 5.81. The Kier molecular flexibility index (Phi) is 3.48. The lowest BCUT2D eigenvalue weighted by Crippen LogP contribution is -2.24. The van der Waals surface area contributed by atoms with Crippen LogP contribution in [0, 0.1) is 0 Å². The summed E-state index contributed by atoms with van der Waals surface area (Å²) in [5, 5.41) is 10.3. The number of nitrogens with zero attached hydrogens (tertiary/aromatic N) is 1. The number of hydrogen-bond acceptors (Lipinski definition) is 3. The molecule has 20 heavy (non-hydrogen) atoms. The summed E-state index contributed by atoms with van der Waals surface area (Å²) in [5.74, 6) is -0.900. The van der Waals surface area contributed by atoms with Gasteiger partial charge >= 0.3 is 5.97 Å². The van der Waals surface area contributed by atoms with Crippen LogP contribution in [0.15, 0.2) is 22.7 Å². The third-order valence-electron chi connectivity index (χ3n) is 3.84. The lowest BCUT2D eigenvalue weighted by atomic mass is 9.88. The smallest absolute Gasteiger partial charge is 0.336 e. The van der Waals surface area contributed by atoms with Crippen molar-refractivity contribution in [1.29, 1.82) is 0 Å². The Morgan fingerprint density at radius 1 is 1.50 bits per heavy atom. The number of carbonyl (C=O) groups is 1. The maximum absolute atomic E-state index is 11.7. The minimum Gasteiger partial charge on any atom is -0.478 e. The number of aromatic carboxylic acids is 1. The number of aryl methyl sites for hydroxylation is 1. The molecule has 5 heteroatoms. The minimum atomic E-state index is -0.900. The average molecular weight is 336 g/mol.